The lowest BCUT2D eigenvalue weighted by atomic mass is 9.94. The van der Waals surface area contributed by atoms with Crippen LogP contribution in [0.15, 0.2) is 47.1 Å². The van der Waals surface area contributed by atoms with E-state index in [1.807, 2.05) is 31.2 Å². The molecule has 0 bridgehead atoms. The molecular weight excluding hydrogens is 438 g/mol. The molecule has 3 atom stereocenters. The number of carbonyl (C=O) groups is 2. The summed E-state index contributed by atoms with van der Waals surface area (Å²) in [5.41, 5.74) is 3.20. The minimum Gasteiger partial charge on any atom is -0.467 e. The molecule has 3 aliphatic rings. The molecule has 2 aliphatic heterocycles. The van der Waals surface area contributed by atoms with Gasteiger partial charge in [0.1, 0.15) is 28.8 Å². The maximum Gasteiger partial charge on any atom is 0.267 e. The molecule has 0 radical (unpaired) electrons. The molecule has 0 spiro atoms. The Labute approximate surface area is 194 Å². The van der Waals surface area contributed by atoms with Crippen molar-refractivity contribution in [2.45, 2.75) is 44.8 Å². The SMILES string of the molecule is Cc1ccccc1N1O[C@@H]2C(=O)N(c3sc4c(c3C#N)CCCC4)C(=O)[C@@H]2[C@H]1c1ccco1. The van der Waals surface area contributed by atoms with E-state index >= 15 is 0 Å². The Kier molecular flexibility index (Phi) is 4.64. The van der Waals surface area contributed by atoms with Crippen LogP contribution in [0.25, 0.3) is 0 Å². The van der Waals surface area contributed by atoms with Crippen LogP contribution in [-0.2, 0) is 27.3 Å². The first-order valence-electron chi connectivity index (χ1n) is 11.1. The van der Waals surface area contributed by atoms with Crippen molar-refractivity contribution in [2.75, 3.05) is 9.96 Å². The minimum atomic E-state index is -0.974. The van der Waals surface area contributed by atoms with Crippen LogP contribution in [0.5, 0.6) is 0 Å². The van der Waals surface area contributed by atoms with E-state index in [2.05, 4.69) is 6.07 Å². The lowest BCUT2D eigenvalue weighted by Gasteiger charge is -2.28. The van der Waals surface area contributed by atoms with E-state index in [4.69, 9.17) is 9.25 Å². The Hall–Kier alpha value is -3.41. The summed E-state index contributed by atoms with van der Waals surface area (Å²) in [5.74, 6) is -0.987. The lowest BCUT2D eigenvalue weighted by Crippen LogP contribution is -2.37. The van der Waals surface area contributed by atoms with E-state index in [1.165, 1.54) is 16.2 Å². The number of fused-ring (bicyclic) bond motifs is 2. The van der Waals surface area contributed by atoms with Crippen LogP contribution in [0, 0.1) is 24.2 Å². The minimum absolute atomic E-state index is 0.349. The number of aryl methyl sites for hydroxylation is 2. The average molecular weight is 460 g/mol. The number of furan rings is 1. The van der Waals surface area contributed by atoms with Crippen LogP contribution in [-0.4, -0.2) is 17.9 Å². The third-order valence-corrected chi connectivity index (χ3v) is 8.05. The molecule has 1 aromatic carbocycles. The van der Waals surface area contributed by atoms with Crippen molar-refractivity contribution in [3.8, 4) is 6.07 Å². The number of hydrogen-bond acceptors (Lipinski definition) is 7. The zero-order chi connectivity index (χ0) is 22.7. The van der Waals surface area contributed by atoms with Gasteiger partial charge in [-0.15, -0.1) is 11.3 Å². The normalized spacial score (nSPS) is 24.2. The predicted molar refractivity (Wildman–Crippen MR) is 122 cm³/mol. The number of carbonyl (C=O) groups excluding carboxylic acids is 2. The second kappa shape index (κ2) is 7.58. The molecule has 6 rings (SSSR count). The Bertz CT molecular complexity index is 1310. The van der Waals surface area contributed by atoms with Crippen LogP contribution < -0.4 is 9.96 Å². The van der Waals surface area contributed by atoms with Gasteiger partial charge in [0.25, 0.3) is 5.91 Å². The molecule has 0 unspecified atom stereocenters. The van der Waals surface area contributed by atoms with Crippen molar-refractivity contribution in [1.82, 2.24) is 0 Å². The van der Waals surface area contributed by atoms with Crippen molar-refractivity contribution < 1.29 is 18.8 Å². The van der Waals surface area contributed by atoms with Crippen LogP contribution in [0.4, 0.5) is 10.7 Å². The summed E-state index contributed by atoms with van der Waals surface area (Å²) in [7, 11) is 0. The third-order valence-electron chi connectivity index (χ3n) is 6.77. The summed E-state index contributed by atoms with van der Waals surface area (Å²) < 4.78 is 5.70. The molecule has 2 amide bonds. The molecular formula is C25H21N3O4S. The number of rotatable bonds is 3. The number of benzene rings is 1. The highest BCUT2D eigenvalue weighted by atomic mass is 32.1. The van der Waals surface area contributed by atoms with Gasteiger partial charge in [-0.2, -0.15) is 5.26 Å². The molecule has 2 aromatic heterocycles. The topological polar surface area (TPSA) is 86.8 Å². The van der Waals surface area contributed by atoms with Gasteiger partial charge in [-0.25, -0.2) is 9.96 Å². The number of hydrogen-bond donors (Lipinski definition) is 0. The molecule has 166 valence electrons. The van der Waals surface area contributed by atoms with Crippen LogP contribution in [0.3, 0.4) is 0 Å². The fourth-order valence-electron chi connectivity index (χ4n) is 5.21. The van der Waals surface area contributed by atoms with Crippen molar-refractivity contribution in [1.29, 1.82) is 5.26 Å². The molecule has 33 heavy (non-hydrogen) atoms. The van der Waals surface area contributed by atoms with E-state index in [-0.39, 0.29) is 5.91 Å². The van der Waals surface area contributed by atoms with Crippen molar-refractivity contribution in [3.05, 3.63) is 70.0 Å². The molecule has 7 nitrogen and oxygen atoms in total. The summed E-state index contributed by atoms with van der Waals surface area (Å²) in [6.45, 7) is 1.96. The van der Waals surface area contributed by atoms with Crippen LogP contribution in [0.2, 0.25) is 0 Å². The van der Waals surface area contributed by atoms with Crippen LogP contribution in [0.1, 0.15) is 46.2 Å². The highest BCUT2D eigenvalue weighted by Crippen LogP contribution is 2.50. The van der Waals surface area contributed by atoms with Gasteiger partial charge in [0, 0.05) is 4.88 Å². The predicted octanol–water partition coefficient (Wildman–Crippen LogP) is 4.45. The van der Waals surface area contributed by atoms with E-state index in [0.29, 0.717) is 16.3 Å². The lowest BCUT2D eigenvalue weighted by molar-refractivity contribution is -0.126. The van der Waals surface area contributed by atoms with Crippen molar-refractivity contribution in [3.63, 3.8) is 0 Å². The number of thiophene rings is 1. The zero-order valence-electron chi connectivity index (χ0n) is 18.0. The molecule has 4 heterocycles. The van der Waals surface area contributed by atoms with Crippen LogP contribution >= 0.6 is 11.3 Å². The Balaban J connectivity index is 1.44. The second-order valence-corrected chi connectivity index (χ2v) is 9.72. The summed E-state index contributed by atoms with van der Waals surface area (Å²) in [4.78, 5) is 35.9. The Morgan fingerprint density at radius 2 is 1.91 bits per heavy atom. The largest absolute Gasteiger partial charge is 0.467 e. The van der Waals surface area contributed by atoms with Gasteiger partial charge in [-0.3, -0.25) is 14.4 Å². The van der Waals surface area contributed by atoms with E-state index in [9.17, 15) is 14.9 Å². The zero-order valence-corrected chi connectivity index (χ0v) is 18.8. The summed E-state index contributed by atoms with van der Waals surface area (Å²) in [6, 6.07) is 12.9. The van der Waals surface area contributed by atoms with Gasteiger partial charge >= 0.3 is 0 Å². The highest BCUT2D eigenvalue weighted by Gasteiger charge is 2.62. The first-order chi connectivity index (χ1) is 16.1. The fourth-order valence-corrected chi connectivity index (χ4v) is 6.56. The maximum atomic E-state index is 13.8. The molecule has 2 saturated heterocycles. The summed E-state index contributed by atoms with van der Waals surface area (Å²) in [6.07, 6.45) is 4.34. The number of nitrogens with zero attached hydrogens (tertiary/aromatic N) is 3. The second-order valence-electron chi connectivity index (χ2n) is 8.64. The smallest absolute Gasteiger partial charge is 0.267 e. The third kappa shape index (κ3) is 2.89. The van der Waals surface area contributed by atoms with Gasteiger partial charge in [-0.1, -0.05) is 18.2 Å². The maximum absolute atomic E-state index is 13.8. The van der Waals surface area contributed by atoms with Crippen molar-refractivity contribution >= 4 is 33.8 Å². The standard InChI is InChI=1S/C25H21N3O4S/c1-14-7-2-4-9-17(14)28-21(18-10-6-12-31-18)20-22(32-28)24(30)27(23(20)29)25-16(13-26)15-8-3-5-11-19(15)33-25/h2,4,6-7,9-10,12,20-22H,3,5,8,11H2,1H3/t20-,21-,22+/m1/s1. The first kappa shape index (κ1) is 20.2. The molecule has 0 saturated carbocycles. The molecule has 3 aromatic rings. The highest BCUT2D eigenvalue weighted by molar-refractivity contribution is 7.17. The first-order valence-corrected chi connectivity index (χ1v) is 11.9. The van der Waals surface area contributed by atoms with E-state index in [0.717, 1.165) is 47.4 Å². The quantitative estimate of drug-likeness (QED) is 0.538. The Morgan fingerprint density at radius 1 is 1.09 bits per heavy atom. The number of hydroxylamine groups is 1. The van der Waals surface area contributed by atoms with Gasteiger partial charge in [0.15, 0.2) is 6.10 Å². The summed E-state index contributed by atoms with van der Waals surface area (Å²) >= 11 is 1.40. The van der Waals surface area contributed by atoms with Crippen molar-refractivity contribution in [2.24, 2.45) is 5.92 Å². The molecule has 0 N–H and O–H groups in total. The summed E-state index contributed by atoms with van der Waals surface area (Å²) in [5, 5.41) is 12.0. The monoisotopic (exact) mass is 459 g/mol. The van der Waals surface area contributed by atoms with Gasteiger partial charge in [0.2, 0.25) is 5.91 Å². The number of anilines is 2. The van der Waals surface area contributed by atoms with Gasteiger partial charge < -0.3 is 4.42 Å². The number of amides is 2. The van der Waals surface area contributed by atoms with E-state index < -0.39 is 24.0 Å². The number of nitriles is 1. The van der Waals surface area contributed by atoms with E-state index in [1.54, 1.807) is 23.5 Å². The average Bonchev–Trinajstić information content (AvgIpc) is 3.58. The van der Waals surface area contributed by atoms with Gasteiger partial charge in [-0.05, 0) is 61.9 Å². The molecule has 8 heteroatoms. The number of imide groups is 1. The van der Waals surface area contributed by atoms with Gasteiger partial charge in [0.05, 0.1) is 17.5 Å². The molecule has 1 aliphatic carbocycles. The Morgan fingerprint density at radius 3 is 2.67 bits per heavy atom. The molecule has 2 fully saturated rings. The fraction of sp³-hybridized carbons (Fsp3) is 0.320. The number of para-hydroxylation sites is 1.